The summed E-state index contributed by atoms with van der Waals surface area (Å²) in [7, 11) is 4.02. The third-order valence-corrected chi connectivity index (χ3v) is 5.58. The summed E-state index contributed by atoms with van der Waals surface area (Å²) < 4.78 is 0. The summed E-state index contributed by atoms with van der Waals surface area (Å²) in [5, 5.41) is 18.4. The van der Waals surface area contributed by atoms with Crippen LogP contribution in [0.15, 0.2) is 58.8 Å². The van der Waals surface area contributed by atoms with Crippen LogP contribution in [0, 0.1) is 0 Å². The van der Waals surface area contributed by atoms with Crippen molar-refractivity contribution in [1.82, 2.24) is 0 Å². The zero-order valence-electron chi connectivity index (χ0n) is 16.2. The molecule has 1 N–H and O–H groups in total. The molecule has 7 nitrogen and oxygen atoms in total. The monoisotopic (exact) mass is 379 g/mol. The Morgan fingerprint density at radius 3 is 2.25 bits per heavy atom. The lowest BCUT2D eigenvalue weighted by Gasteiger charge is -2.34. The first-order valence-corrected chi connectivity index (χ1v) is 9.61. The first kappa shape index (κ1) is 18.3. The van der Waals surface area contributed by atoms with Gasteiger partial charge in [-0.2, -0.15) is 5.11 Å². The molecule has 2 heterocycles. The highest BCUT2D eigenvalue weighted by atomic mass is 16.4. The molecule has 4 rings (SSSR count). The molecule has 2 aliphatic rings. The first-order chi connectivity index (χ1) is 13.6. The molecule has 0 radical (unpaired) electrons. The average Bonchev–Trinajstić information content (AvgIpc) is 2.97. The first-order valence-electron chi connectivity index (χ1n) is 9.61. The van der Waals surface area contributed by atoms with E-state index in [1.807, 2.05) is 55.4 Å². The van der Waals surface area contributed by atoms with E-state index in [0.717, 1.165) is 42.1 Å². The fraction of sp³-hybridized carbons (Fsp3) is 0.381. The van der Waals surface area contributed by atoms with Crippen LogP contribution in [0.25, 0.3) is 0 Å². The van der Waals surface area contributed by atoms with Crippen molar-refractivity contribution < 1.29 is 9.90 Å². The van der Waals surface area contributed by atoms with E-state index in [1.54, 1.807) is 0 Å². The Bertz CT molecular complexity index is 854. The third kappa shape index (κ3) is 3.28. The highest BCUT2D eigenvalue weighted by Gasteiger charge is 2.31. The Hall–Kier alpha value is -3.09. The number of hydrogen-bond donors (Lipinski definition) is 1. The van der Waals surface area contributed by atoms with Crippen LogP contribution in [0.1, 0.15) is 19.3 Å². The Morgan fingerprint density at radius 1 is 1.00 bits per heavy atom. The van der Waals surface area contributed by atoms with Crippen molar-refractivity contribution in [1.29, 1.82) is 0 Å². The van der Waals surface area contributed by atoms with Crippen molar-refractivity contribution in [3.8, 4) is 0 Å². The molecule has 2 aromatic carbocycles. The van der Waals surface area contributed by atoms with Gasteiger partial charge in [-0.05, 0) is 55.7 Å². The zero-order valence-corrected chi connectivity index (χ0v) is 16.2. The van der Waals surface area contributed by atoms with Crippen molar-refractivity contribution in [2.24, 2.45) is 10.2 Å². The second-order valence-electron chi connectivity index (χ2n) is 7.33. The number of carboxylic acid groups (broad SMARTS) is 1. The molecule has 0 aromatic heterocycles. The Morgan fingerprint density at radius 2 is 1.64 bits per heavy atom. The van der Waals surface area contributed by atoms with Gasteiger partial charge < -0.3 is 19.8 Å². The smallest absolute Gasteiger partial charge is 0.326 e. The quantitative estimate of drug-likeness (QED) is 0.811. The summed E-state index contributed by atoms with van der Waals surface area (Å²) in [4.78, 5) is 17.7. The van der Waals surface area contributed by atoms with Crippen molar-refractivity contribution >= 4 is 28.7 Å². The molecule has 1 atom stereocenters. The molecule has 0 aliphatic carbocycles. The summed E-state index contributed by atoms with van der Waals surface area (Å²) in [6, 6.07) is 15.4. The number of benzene rings is 2. The number of fused-ring (bicyclic) bond motifs is 1. The van der Waals surface area contributed by atoms with E-state index >= 15 is 0 Å². The van der Waals surface area contributed by atoms with Gasteiger partial charge in [0.25, 0.3) is 0 Å². The van der Waals surface area contributed by atoms with Crippen LogP contribution in [0.5, 0.6) is 0 Å². The van der Waals surface area contributed by atoms with Gasteiger partial charge in [0, 0.05) is 26.3 Å². The van der Waals surface area contributed by atoms with Crippen LogP contribution in [-0.4, -0.2) is 44.0 Å². The predicted octanol–water partition coefficient (Wildman–Crippen LogP) is 4.08. The number of piperidine rings is 1. The SMILES string of the molecule is CN1c2ccccc2N(C)C1N=Nc1ccc(N2CCCCC2C(=O)O)cc1. The fourth-order valence-electron chi connectivity index (χ4n) is 4.05. The van der Waals surface area contributed by atoms with E-state index in [4.69, 9.17) is 0 Å². The second-order valence-corrected chi connectivity index (χ2v) is 7.33. The van der Waals surface area contributed by atoms with Crippen molar-refractivity contribution in [3.63, 3.8) is 0 Å². The van der Waals surface area contributed by atoms with Gasteiger partial charge in [-0.15, -0.1) is 5.11 Å². The van der Waals surface area contributed by atoms with Crippen LogP contribution in [0.4, 0.5) is 22.7 Å². The Labute approximate surface area is 164 Å². The number of nitrogens with zero attached hydrogens (tertiary/aromatic N) is 5. The normalized spacial score (nSPS) is 20.1. The minimum atomic E-state index is -0.754. The third-order valence-electron chi connectivity index (χ3n) is 5.58. The summed E-state index contributed by atoms with van der Waals surface area (Å²) in [6.45, 7) is 0.772. The van der Waals surface area contributed by atoms with Gasteiger partial charge in [0.05, 0.1) is 17.1 Å². The maximum atomic E-state index is 11.5. The van der Waals surface area contributed by atoms with Crippen LogP contribution < -0.4 is 14.7 Å². The number of rotatable bonds is 4. The summed E-state index contributed by atoms with van der Waals surface area (Å²) in [6.07, 6.45) is 2.49. The highest BCUT2D eigenvalue weighted by Crippen LogP contribution is 2.38. The number of azo groups is 1. The van der Waals surface area contributed by atoms with E-state index < -0.39 is 12.0 Å². The maximum Gasteiger partial charge on any atom is 0.326 e. The van der Waals surface area contributed by atoms with E-state index in [9.17, 15) is 9.90 Å². The molecule has 146 valence electrons. The minimum absolute atomic E-state index is 0.185. The largest absolute Gasteiger partial charge is 0.480 e. The molecule has 0 bridgehead atoms. The average molecular weight is 379 g/mol. The van der Waals surface area contributed by atoms with Crippen molar-refractivity contribution in [3.05, 3.63) is 48.5 Å². The molecule has 0 amide bonds. The van der Waals surface area contributed by atoms with Crippen LogP contribution in [0.2, 0.25) is 0 Å². The molecule has 1 saturated heterocycles. The van der Waals surface area contributed by atoms with Gasteiger partial charge in [0.15, 0.2) is 0 Å². The topological polar surface area (TPSA) is 71.7 Å². The highest BCUT2D eigenvalue weighted by molar-refractivity contribution is 5.79. The molecule has 1 unspecified atom stereocenters. The summed E-state index contributed by atoms with van der Waals surface area (Å²) in [5.41, 5.74) is 3.95. The zero-order chi connectivity index (χ0) is 19.7. The van der Waals surface area contributed by atoms with Gasteiger partial charge in [-0.3, -0.25) is 0 Å². The number of carbonyl (C=O) groups is 1. The number of aliphatic carboxylic acids is 1. The number of para-hydroxylation sites is 2. The van der Waals surface area contributed by atoms with E-state index in [-0.39, 0.29) is 6.29 Å². The van der Waals surface area contributed by atoms with E-state index in [2.05, 4.69) is 32.2 Å². The lowest BCUT2D eigenvalue weighted by atomic mass is 10.0. The molecular weight excluding hydrogens is 354 g/mol. The van der Waals surface area contributed by atoms with E-state index in [0.29, 0.717) is 6.42 Å². The van der Waals surface area contributed by atoms with Crippen LogP contribution in [0.3, 0.4) is 0 Å². The molecule has 0 saturated carbocycles. The summed E-state index contributed by atoms with van der Waals surface area (Å²) in [5.74, 6) is -0.754. The number of anilines is 3. The lowest BCUT2D eigenvalue weighted by Crippen LogP contribution is -2.44. The van der Waals surface area contributed by atoms with E-state index in [1.165, 1.54) is 0 Å². The number of hydrogen-bond acceptors (Lipinski definition) is 6. The second kappa shape index (κ2) is 7.50. The van der Waals surface area contributed by atoms with Gasteiger partial charge >= 0.3 is 5.97 Å². The molecule has 7 heteroatoms. The van der Waals surface area contributed by atoms with Gasteiger partial charge in [0.2, 0.25) is 6.29 Å². The van der Waals surface area contributed by atoms with Crippen LogP contribution >= 0.6 is 0 Å². The Kier molecular flexibility index (Phi) is 4.90. The molecule has 0 spiro atoms. The van der Waals surface area contributed by atoms with Gasteiger partial charge in [-0.1, -0.05) is 12.1 Å². The molecule has 2 aliphatic heterocycles. The van der Waals surface area contributed by atoms with Crippen molar-refractivity contribution in [2.45, 2.75) is 31.6 Å². The molecule has 2 aromatic rings. The number of carboxylic acids is 1. The lowest BCUT2D eigenvalue weighted by molar-refractivity contribution is -0.139. The van der Waals surface area contributed by atoms with Gasteiger partial charge in [0.1, 0.15) is 6.04 Å². The molecule has 28 heavy (non-hydrogen) atoms. The predicted molar refractivity (Wildman–Crippen MR) is 111 cm³/mol. The molecule has 1 fully saturated rings. The molecular formula is C21H25N5O2. The standard InChI is InChI=1S/C21H25N5O2/c1-24-17-7-3-4-8-18(17)25(2)21(24)23-22-15-10-12-16(13-11-15)26-14-6-5-9-19(26)20(27)28/h3-4,7-8,10-13,19,21H,5-6,9,14H2,1-2H3,(H,27,28). The maximum absolute atomic E-state index is 11.5. The van der Waals surface area contributed by atoms with Crippen molar-refractivity contribution in [2.75, 3.05) is 35.3 Å². The summed E-state index contributed by atoms with van der Waals surface area (Å²) >= 11 is 0. The van der Waals surface area contributed by atoms with Crippen LogP contribution in [-0.2, 0) is 4.79 Å². The van der Waals surface area contributed by atoms with Gasteiger partial charge in [-0.25, -0.2) is 4.79 Å². The minimum Gasteiger partial charge on any atom is -0.480 e. The fourth-order valence-corrected chi connectivity index (χ4v) is 4.05. The Balaban J connectivity index is 1.49.